The van der Waals surface area contributed by atoms with Crippen LogP contribution in [-0.4, -0.2) is 31.2 Å². The molecule has 1 unspecified atom stereocenters. The summed E-state index contributed by atoms with van der Waals surface area (Å²) in [5.74, 6) is 1.01. The summed E-state index contributed by atoms with van der Waals surface area (Å²) in [5, 5.41) is 18.8. The van der Waals surface area contributed by atoms with Crippen LogP contribution in [0.5, 0.6) is 11.5 Å². The normalized spacial score (nSPS) is 13.0. The number of nitrogens with zero attached hydrogens (tertiary/aromatic N) is 2. The molecule has 0 aliphatic carbocycles. The molecule has 8 heteroatoms. The summed E-state index contributed by atoms with van der Waals surface area (Å²) in [6.45, 7) is 1.65. The lowest BCUT2D eigenvalue weighted by Gasteiger charge is -2.19. The third kappa shape index (κ3) is 3.72. The first-order valence-corrected chi connectivity index (χ1v) is 10.3. The average Bonchev–Trinajstić information content (AvgIpc) is 3.50. The maximum absolute atomic E-state index is 12.1. The standard InChI is InChI=1S/C25H21N5O3/c1-25(32,16-7-3-2-4-8-16)24-28-23(29-30-24)15-6-5-9-17(14-15)33-20-11-10-19-18(12-13-27-19)21(20)22(26)31/h2-14,27,32H,1H3,(H2,26,31)(H,28,29,30). The van der Waals surface area contributed by atoms with E-state index in [9.17, 15) is 9.90 Å². The molecule has 0 radical (unpaired) electrons. The topological polar surface area (TPSA) is 130 Å². The van der Waals surface area contributed by atoms with Crippen molar-refractivity contribution in [2.45, 2.75) is 12.5 Å². The van der Waals surface area contributed by atoms with Crippen LogP contribution in [-0.2, 0) is 5.60 Å². The van der Waals surface area contributed by atoms with E-state index in [1.807, 2.05) is 42.5 Å². The number of fused-ring (bicyclic) bond motifs is 1. The number of aromatic nitrogens is 4. The van der Waals surface area contributed by atoms with E-state index in [0.29, 0.717) is 39.4 Å². The van der Waals surface area contributed by atoms with E-state index in [1.54, 1.807) is 43.5 Å². The molecule has 0 aliphatic rings. The van der Waals surface area contributed by atoms with Crippen molar-refractivity contribution in [1.82, 2.24) is 20.2 Å². The highest BCUT2D eigenvalue weighted by Gasteiger charge is 2.30. The molecule has 8 nitrogen and oxygen atoms in total. The molecule has 0 saturated carbocycles. The van der Waals surface area contributed by atoms with E-state index in [-0.39, 0.29) is 5.82 Å². The molecule has 0 bridgehead atoms. The quantitative estimate of drug-likeness (QED) is 0.316. The first kappa shape index (κ1) is 20.5. The van der Waals surface area contributed by atoms with Crippen LogP contribution in [0.3, 0.4) is 0 Å². The van der Waals surface area contributed by atoms with Gasteiger partial charge in [-0.3, -0.25) is 9.89 Å². The number of benzene rings is 3. The van der Waals surface area contributed by atoms with E-state index in [0.717, 1.165) is 5.52 Å². The van der Waals surface area contributed by atoms with Crippen LogP contribution in [0.25, 0.3) is 22.3 Å². The molecule has 3 aromatic carbocycles. The second-order valence-electron chi connectivity index (χ2n) is 7.82. The maximum atomic E-state index is 12.1. The van der Waals surface area contributed by atoms with E-state index < -0.39 is 11.5 Å². The van der Waals surface area contributed by atoms with Gasteiger partial charge in [0.2, 0.25) is 0 Å². The van der Waals surface area contributed by atoms with Gasteiger partial charge in [-0.1, -0.05) is 42.5 Å². The van der Waals surface area contributed by atoms with E-state index >= 15 is 0 Å². The van der Waals surface area contributed by atoms with Crippen molar-refractivity contribution in [3.63, 3.8) is 0 Å². The highest BCUT2D eigenvalue weighted by Crippen LogP contribution is 2.33. The molecule has 1 atom stereocenters. The minimum atomic E-state index is -1.35. The van der Waals surface area contributed by atoms with Crippen LogP contribution >= 0.6 is 0 Å². The fraction of sp³-hybridized carbons (Fsp3) is 0.0800. The highest BCUT2D eigenvalue weighted by molar-refractivity contribution is 6.08. The van der Waals surface area contributed by atoms with Crippen molar-refractivity contribution in [2.75, 3.05) is 0 Å². The van der Waals surface area contributed by atoms with Gasteiger partial charge in [-0.15, -0.1) is 0 Å². The predicted octanol–water partition coefficient (Wildman–Crippen LogP) is 4.10. The van der Waals surface area contributed by atoms with Crippen molar-refractivity contribution < 1.29 is 14.6 Å². The molecule has 5 aromatic rings. The van der Waals surface area contributed by atoms with Crippen LogP contribution in [0, 0.1) is 0 Å². The number of aromatic amines is 2. The monoisotopic (exact) mass is 439 g/mol. The van der Waals surface area contributed by atoms with Crippen molar-refractivity contribution >= 4 is 16.8 Å². The van der Waals surface area contributed by atoms with Gasteiger partial charge >= 0.3 is 0 Å². The number of H-pyrrole nitrogens is 2. The molecule has 1 amide bonds. The smallest absolute Gasteiger partial charge is 0.253 e. The lowest BCUT2D eigenvalue weighted by Crippen LogP contribution is -2.24. The first-order valence-electron chi connectivity index (χ1n) is 10.3. The Morgan fingerprint density at radius 3 is 2.67 bits per heavy atom. The Balaban J connectivity index is 1.46. The fourth-order valence-electron chi connectivity index (χ4n) is 3.79. The van der Waals surface area contributed by atoms with Gasteiger partial charge in [-0.25, -0.2) is 4.98 Å². The number of carbonyl (C=O) groups is 1. The summed E-state index contributed by atoms with van der Waals surface area (Å²) in [7, 11) is 0. The Morgan fingerprint density at radius 2 is 1.88 bits per heavy atom. The molecular formula is C25H21N5O3. The molecule has 5 N–H and O–H groups in total. The SMILES string of the molecule is CC(O)(c1ccccc1)c1n[nH]c(-c2cccc(Oc3ccc4[nH]ccc4c3C(N)=O)c2)n1. The van der Waals surface area contributed by atoms with E-state index in [2.05, 4.69) is 20.2 Å². The minimum Gasteiger partial charge on any atom is -0.456 e. The molecule has 0 fully saturated rings. The highest BCUT2D eigenvalue weighted by atomic mass is 16.5. The summed E-state index contributed by atoms with van der Waals surface area (Å²) in [5.41, 5.74) is 6.77. The van der Waals surface area contributed by atoms with Gasteiger partial charge in [0, 0.05) is 22.7 Å². The number of carbonyl (C=O) groups excluding carboxylic acids is 1. The molecular weight excluding hydrogens is 418 g/mol. The fourth-order valence-corrected chi connectivity index (χ4v) is 3.79. The minimum absolute atomic E-state index is 0.254. The molecule has 0 saturated heterocycles. The number of nitrogens with two attached hydrogens (primary N) is 1. The Hall–Kier alpha value is -4.43. The summed E-state index contributed by atoms with van der Waals surface area (Å²) >= 11 is 0. The third-order valence-electron chi connectivity index (χ3n) is 5.53. The summed E-state index contributed by atoms with van der Waals surface area (Å²) < 4.78 is 6.03. The van der Waals surface area contributed by atoms with Crippen molar-refractivity contribution in [3.8, 4) is 22.9 Å². The zero-order valence-electron chi connectivity index (χ0n) is 17.7. The number of nitrogens with one attached hydrogen (secondary N) is 2. The van der Waals surface area contributed by atoms with Gasteiger partial charge < -0.3 is 20.6 Å². The number of amides is 1. The largest absolute Gasteiger partial charge is 0.456 e. The zero-order valence-corrected chi connectivity index (χ0v) is 17.7. The van der Waals surface area contributed by atoms with E-state index in [4.69, 9.17) is 10.5 Å². The predicted molar refractivity (Wildman–Crippen MR) is 124 cm³/mol. The summed E-state index contributed by atoms with van der Waals surface area (Å²) in [6, 6.07) is 21.7. The lowest BCUT2D eigenvalue weighted by atomic mass is 9.95. The molecule has 33 heavy (non-hydrogen) atoms. The number of primary amides is 1. The third-order valence-corrected chi connectivity index (χ3v) is 5.53. The second-order valence-corrected chi connectivity index (χ2v) is 7.82. The molecule has 0 spiro atoms. The second kappa shape index (κ2) is 7.92. The number of hydrogen-bond acceptors (Lipinski definition) is 5. The number of rotatable bonds is 6. The number of ether oxygens (including phenoxy) is 1. The zero-order chi connectivity index (χ0) is 23.0. The molecule has 164 valence electrons. The van der Waals surface area contributed by atoms with Crippen molar-refractivity contribution in [1.29, 1.82) is 0 Å². The molecule has 2 aromatic heterocycles. The molecule has 5 rings (SSSR count). The Labute approximate surface area is 189 Å². The van der Waals surface area contributed by atoms with Gasteiger partial charge in [0.1, 0.15) is 17.1 Å². The van der Waals surface area contributed by atoms with Gasteiger partial charge in [0.25, 0.3) is 5.91 Å². The molecule has 2 heterocycles. The Morgan fingerprint density at radius 1 is 1.06 bits per heavy atom. The number of aliphatic hydroxyl groups is 1. The summed E-state index contributed by atoms with van der Waals surface area (Å²) in [6.07, 6.45) is 1.74. The van der Waals surface area contributed by atoms with Gasteiger partial charge in [0.15, 0.2) is 11.6 Å². The van der Waals surface area contributed by atoms with Crippen LogP contribution in [0.4, 0.5) is 0 Å². The van der Waals surface area contributed by atoms with Gasteiger partial charge in [0.05, 0.1) is 5.56 Å². The Bertz CT molecular complexity index is 1450. The van der Waals surface area contributed by atoms with Crippen LogP contribution in [0.15, 0.2) is 79.0 Å². The summed E-state index contributed by atoms with van der Waals surface area (Å²) in [4.78, 5) is 19.7. The molecule has 0 aliphatic heterocycles. The van der Waals surface area contributed by atoms with Crippen molar-refractivity contribution in [3.05, 3.63) is 95.9 Å². The first-order chi connectivity index (χ1) is 15.9. The van der Waals surface area contributed by atoms with Crippen LogP contribution in [0.1, 0.15) is 28.7 Å². The maximum Gasteiger partial charge on any atom is 0.253 e. The number of hydrogen-bond donors (Lipinski definition) is 4. The Kier molecular flexibility index (Phi) is 4.91. The van der Waals surface area contributed by atoms with Gasteiger partial charge in [-0.2, -0.15) is 5.10 Å². The van der Waals surface area contributed by atoms with Crippen LogP contribution < -0.4 is 10.5 Å². The van der Waals surface area contributed by atoms with E-state index in [1.165, 1.54) is 0 Å². The van der Waals surface area contributed by atoms with Crippen LogP contribution in [0.2, 0.25) is 0 Å². The average molecular weight is 439 g/mol. The van der Waals surface area contributed by atoms with Crippen molar-refractivity contribution in [2.24, 2.45) is 5.73 Å². The van der Waals surface area contributed by atoms with Gasteiger partial charge in [-0.05, 0) is 42.8 Å². The lowest BCUT2D eigenvalue weighted by molar-refractivity contribution is 0.0926.